The van der Waals surface area contributed by atoms with Gasteiger partial charge < -0.3 is 15.0 Å². The van der Waals surface area contributed by atoms with Crippen molar-refractivity contribution in [3.8, 4) is 0 Å². The van der Waals surface area contributed by atoms with E-state index in [2.05, 4.69) is 60.3 Å². The summed E-state index contributed by atoms with van der Waals surface area (Å²) < 4.78 is 6.54. The molecule has 2 aliphatic rings. The lowest BCUT2D eigenvalue weighted by atomic mass is 10.2. The van der Waals surface area contributed by atoms with Crippen molar-refractivity contribution in [2.75, 3.05) is 49.6 Å². The van der Waals surface area contributed by atoms with E-state index in [-0.39, 0.29) is 0 Å². The molecule has 138 valence electrons. The Morgan fingerprint density at radius 2 is 1.92 bits per heavy atom. The number of rotatable bonds is 5. The summed E-state index contributed by atoms with van der Waals surface area (Å²) in [5, 5.41) is 3.52. The predicted molar refractivity (Wildman–Crippen MR) is 107 cm³/mol. The van der Waals surface area contributed by atoms with Crippen LogP contribution in [0, 0.1) is 0 Å². The first kappa shape index (κ1) is 17.7. The molecule has 26 heavy (non-hydrogen) atoms. The van der Waals surface area contributed by atoms with Crippen LogP contribution < -0.4 is 10.2 Å². The van der Waals surface area contributed by atoms with E-state index in [1.54, 1.807) is 0 Å². The highest BCUT2D eigenvalue weighted by atomic mass is 79.9. The van der Waals surface area contributed by atoms with Crippen molar-refractivity contribution in [3.05, 3.63) is 46.6 Å². The molecule has 0 radical (unpaired) electrons. The van der Waals surface area contributed by atoms with Crippen LogP contribution in [0.4, 0.5) is 11.8 Å². The molecule has 0 aliphatic carbocycles. The Labute approximate surface area is 162 Å². The number of halogens is 1. The Hall–Kier alpha value is -1.70. The fourth-order valence-electron chi connectivity index (χ4n) is 3.51. The smallest absolute Gasteiger partial charge is 0.224 e. The number of hydrogen-bond acceptors (Lipinski definition) is 6. The van der Waals surface area contributed by atoms with Gasteiger partial charge in [-0.15, -0.1) is 0 Å². The lowest BCUT2D eigenvalue weighted by Crippen LogP contribution is -2.37. The van der Waals surface area contributed by atoms with Crippen LogP contribution >= 0.6 is 15.9 Å². The molecule has 1 unspecified atom stereocenters. The third-order valence-corrected chi connectivity index (χ3v) is 5.43. The molecular formula is C19H24BrN5O. The second-order valence-corrected chi connectivity index (χ2v) is 7.75. The number of likely N-dealkylation sites (tertiary alicyclic amines) is 1. The van der Waals surface area contributed by atoms with E-state index in [1.165, 1.54) is 5.56 Å². The van der Waals surface area contributed by atoms with Crippen molar-refractivity contribution in [3.63, 3.8) is 0 Å². The standard InChI is InChI=1S/C19H24BrN5O/c20-16-3-1-15(2-4-16)13-24-8-6-17(14-24)22-19-21-7-5-18(23-19)25-9-11-26-12-10-25/h1-5,7,17H,6,8-14H2,(H,21,22,23). The molecule has 3 heterocycles. The van der Waals surface area contributed by atoms with Crippen LogP contribution in [0.1, 0.15) is 12.0 Å². The van der Waals surface area contributed by atoms with Gasteiger partial charge in [0.25, 0.3) is 0 Å². The van der Waals surface area contributed by atoms with Gasteiger partial charge in [0.1, 0.15) is 5.82 Å². The van der Waals surface area contributed by atoms with Gasteiger partial charge in [0.05, 0.1) is 13.2 Å². The third kappa shape index (κ3) is 4.52. The highest BCUT2D eigenvalue weighted by molar-refractivity contribution is 9.10. The fourth-order valence-corrected chi connectivity index (χ4v) is 3.78. The van der Waals surface area contributed by atoms with Crippen molar-refractivity contribution in [1.29, 1.82) is 0 Å². The van der Waals surface area contributed by atoms with Crippen molar-refractivity contribution >= 4 is 27.7 Å². The molecule has 4 rings (SSSR count). The first-order valence-electron chi connectivity index (χ1n) is 9.15. The van der Waals surface area contributed by atoms with Gasteiger partial charge in [0.15, 0.2) is 0 Å². The van der Waals surface area contributed by atoms with E-state index < -0.39 is 0 Å². The van der Waals surface area contributed by atoms with E-state index in [4.69, 9.17) is 9.72 Å². The summed E-state index contributed by atoms with van der Waals surface area (Å²) in [6.07, 6.45) is 2.95. The van der Waals surface area contributed by atoms with Crippen LogP contribution in [0.25, 0.3) is 0 Å². The number of anilines is 2. The van der Waals surface area contributed by atoms with E-state index in [9.17, 15) is 0 Å². The Kier molecular flexibility index (Phi) is 5.67. The summed E-state index contributed by atoms with van der Waals surface area (Å²) >= 11 is 3.49. The molecule has 2 saturated heterocycles. The fraction of sp³-hybridized carbons (Fsp3) is 0.474. The molecule has 1 aromatic carbocycles. The number of morpholine rings is 1. The Balaban J connectivity index is 1.32. The lowest BCUT2D eigenvalue weighted by Gasteiger charge is -2.28. The Morgan fingerprint density at radius 1 is 1.12 bits per heavy atom. The molecule has 7 heteroatoms. The van der Waals surface area contributed by atoms with Crippen LogP contribution in [0.2, 0.25) is 0 Å². The highest BCUT2D eigenvalue weighted by Crippen LogP contribution is 2.19. The van der Waals surface area contributed by atoms with Gasteiger partial charge in [-0.05, 0) is 30.2 Å². The molecule has 0 spiro atoms. The molecule has 2 aromatic rings. The van der Waals surface area contributed by atoms with Crippen molar-refractivity contribution < 1.29 is 4.74 Å². The minimum absolute atomic E-state index is 0.394. The second kappa shape index (κ2) is 8.33. The quantitative estimate of drug-likeness (QED) is 0.806. The molecule has 0 saturated carbocycles. The molecule has 1 N–H and O–H groups in total. The maximum Gasteiger partial charge on any atom is 0.224 e. The number of hydrogen-bond donors (Lipinski definition) is 1. The van der Waals surface area contributed by atoms with Crippen LogP contribution in [-0.2, 0) is 11.3 Å². The van der Waals surface area contributed by atoms with E-state index in [1.807, 2.05) is 12.3 Å². The van der Waals surface area contributed by atoms with E-state index in [0.29, 0.717) is 6.04 Å². The number of ether oxygens (including phenoxy) is 1. The van der Waals surface area contributed by atoms with Gasteiger partial charge in [0.2, 0.25) is 5.95 Å². The normalized spacial score (nSPS) is 21.1. The summed E-state index contributed by atoms with van der Waals surface area (Å²) in [6, 6.07) is 10.9. The minimum atomic E-state index is 0.394. The van der Waals surface area contributed by atoms with Crippen LogP contribution in [0.15, 0.2) is 41.0 Å². The topological polar surface area (TPSA) is 53.5 Å². The molecule has 0 bridgehead atoms. The summed E-state index contributed by atoms with van der Waals surface area (Å²) in [5.74, 6) is 1.71. The zero-order valence-electron chi connectivity index (χ0n) is 14.8. The Morgan fingerprint density at radius 3 is 2.73 bits per heavy atom. The minimum Gasteiger partial charge on any atom is -0.378 e. The molecule has 6 nitrogen and oxygen atoms in total. The third-order valence-electron chi connectivity index (χ3n) is 4.90. The average molecular weight is 418 g/mol. The zero-order chi connectivity index (χ0) is 17.8. The van der Waals surface area contributed by atoms with Crippen LogP contribution in [-0.4, -0.2) is 60.3 Å². The van der Waals surface area contributed by atoms with Gasteiger partial charge in [-0.3, -0.25) is 4.90 Å². The summed E-state index contributed by atoms with van der Waals surface area (Å²) in [5.41, 5.74) is 1.35. The molecule has 0 amide bonds. The molecule has 1 aromatic heterocycles. The van der Waals surface area contributed by atoms with Gasteiger partial charge in [-0.25, -0.2) is 4.98 Å². The average Bonchev–Trinajstić information content (AvgIpc) is 3.11. The molecule has 1 atom stereocenters. The van der Waals surface area contributed by atoms with Crippen molar-refractivity contribution in [1.82, 2.24) is 14.9 Å². The maximum atomic E-state index is 5.42. The van der Waals surface area contributed by atoms with Crippen LogP contribution in [0.3, 0.4) is 0 Å². The largest absolute Gasteiger partial charge is 0.378 e. The second-order valence-electron chi connectivity index (χ2n) is 6.83. The van der Waals surface area contributed by atoms with Gasteiger partial charge in [0, 0.05) is 49.4 Å². The highest BCUT2D eigenvalue weighted by Gasteiger charge is 2.23. The summed E-state index contributed by atoms with van der Waals surface area (Å²) in [7, 11) is 0. The van der Waals surface area contributed by atoms with Crippen molar-refractivity contribution in [2.24, 2.45) is 0 Å². The number of aromatic nitrogens is 2. The Bertz CT molecular complexity index is 720. The first-order chi connectivity index (χ1) is 12.8. The number of nitrogens with zero attached hydrogens (tertiary/aromatic N) is 4. The first-order valence-corrected chi connectivity index (χ1v) is 9.95. The van der Waals surface area contributed by atoms with Crippen molar-refractivity contribution in [2.45, 2.75) is 19.0 Å². The van der Waals surface area contributed by atoms with Gasteiger partial charge >= 0.3 is 0 Å². The molecule has 2 aliphatic heterocycles. The molecular weight excluding hydrogens is 394 g/mol. The molecule has 2 fully saturated rings. The van der Waals surface area contributed by atoms with Crippen LogP contribution in [0.5, 0.6) is 0 Å². The maximum absolute atomic E-state index is 5.42. The monoisotopic (exact) mass is 417 g/mol. The number of benzene rings is 1. The summed E-state index contributed by atoms with van der Waals surface area (Å²) in [4.78, 5) is 13.8. The lowest BCUT2D eigenvalue weighted by molar-refractivity contribution is 0.122. The SMILES string of the molecule is Brc1ccc(CN2CCC(Nc3nccc(N4CCOCC4)n3)C2)cc1. The van der Waals surface area contributed by atoms with Gasteiger partial charge in [-0.1, -0.05) is 28.1 Å². The number of nitrogens with one attached hydrogen (secondary N) is 1. The van der Waals surface area contributed by atoms with E-state index in [0.717, 1.165) is 68.6 Å². The van der Waals surface area contributed by atoms with E-state index >= 15 is 0 Å². The van der Waals surface area contributed by atoms with Gasteiger partial charge in [-0.2, -0.15) is 4.98 Å². The zero-order valence-corrected chi connectivity index (χ0v) is 16.4. The summed E-state index contributed by atoms with van der Waals surface area (Å²) in [6.45, 7) is 6.40. The predicted octanol–water partition coefficient (Wildman–Crippen LogP) is 2.76.